The van der Waals surface area contributed by atoms with E-state index >= 15 is 0 Å². The summed E-state index contributed by atoms with van der Waals surface area (Å²) >= 11 is 0. The van der Waals surface area contributed by atoms with Crippen molar-refractivity contribution in [1.82, 2.24) is 15.1 Å². The number of nitrogens with one attached hydrogen (secondary N) is 1. The molecule has 0 aromatic carbocycles. The lowest BCUT2D eigenvalue weighted by molar-refractivity contribution is 0.181. The molecule has 1 aromatic heterocycles. The molecular formula is C17H31N3O. The average Bonchev–Trinajstić information content (AvgIpc) is 2.66. The Morgan fingerprint density at radius 2 is 1.95 bits per heavy atom. The fourth-order valence-electron chi connectivity index (χ4n) is 3.70. The van der Waals surface area contributed by atoms with Gasteiger partial charge >= 0.3 is 0 Å². The van der Waals surface area contributed by atoms with Crippen LogP contribution in [0.2, 0.25) is 0 Å². The summed E-state index contributed by atoms with van der Waals surface area (Å²) in [5.74, 6) is 0.416. The Balaban J connectivity index is 2.07. The van der Waals surface area contributed by atoms with Crippen molar-refractivity contribution in [3.8, 4) is 0 Å². The number of nitrogens with zero attached hydrogens (tertiary/aromatic N) is 2. The van der Waals surface area contributed by atoms with Crippen LogP contribution in [-0.2, 0) is 26.4 Å². The largest absolute Gasteiger partial charge is 0.396 e. The van der Waals surface area contributed by atoms with E-state index in [-0.39, 0.29) is 0 Å². The van der Waals surface area contributed by atoms with E-state index in [1.165, 1.54) is 42.6 Å². The van der Waals surface area contributed by atoms with Crippen LogP contribution in [0, 0.1) is 5.92 Å². The molecule has 2 rings (SSSR count). The van der Waals surface area contributed by atoms with Gasteiger partial charge in [-0.2, -0.15) is 5.10 Å². The van der Waals surface area contributed by atoms with Crippen molar-refractivity contribution in [2.75, 3.05) is 6.61 Å². The van der Waals surface area contributed by atoms with Crippen molar-refractivity contribution >= 4 is 0 Å². The fourth-order valence-corrected chi connectivity index (χ4v) is 3.70. The Bertz CT molecular complexity index is 441. The summed E-state index contributed by atoms with van der Waals surface area (Å²) in [6.45, 7) is 5.57. The summed E-state index contributed by atoms with van der Waals surface area (Å²) in [6.07, 6.45) is 8.20. The highest BCUT2D eigenvalue weighted by molar-refractivity contribution is 5.26. The van der Waals surface area contributed by atoms with Gasteiger partial charge in [0, 0.05) is 37.5 Å². The Morgan fingerprint density at radius 1 is 1.19 bits per heavy atom. The molecule has 2 atom stereocenters. The third kappa shape index (κ3) is 3.86. The molecule has 1 saturated carbocycles. The van der Waals surface area contributed by atoms with E-state index in [4.69, 9.17) is 0 Å². The number of rotatable bonds is 6. The van der Waals surface area contributed by atoms with Gasteiger partial charge in [0.25, 0.3) is 0 Å². The second kappa shape index (κ2) is 7.95. The van der Waals surface area contributed by atoms with Crippen molar-refractivity contribution in [3.63, 3.8) is 0 Å². The number of hydrogen-bond acceptors (Lipinski definition) is 3. The van der Waals surface area contributed by atoms with Gasteiger partial charge < -0.3 is 10.4 Å². The maximum atomic E-state index is 9.63. The Morgan fingerprint density at radius 3 is 2.62 bits per heavy atom. The maximum Gasteiger partial charge on any atom is 0.0669 e. The van der Waals surface area contributed by atoms with Crippen LogP contribution < -0.4 is 5.32 Å². The van der Waals surface area contributed by atoms with Crippen molar-refractivity contribution < 1.29 is 5.11 Å². The molecule has 0 radical (unpaired) electrons. The number of hydrogen-bond donors (Lipinski definition) is 2. The van der Waals surface area contributed by atoms with Crippen LogP contribution in [0.4, 0.5) is 0 Å². The lowest BCUT2D eigenvalue weighted by atomic mass is 9.95. The van der Waals surface area contributed by atoms with Crippen LogP contribution in [0.1, 0.15) is 62.9 Å². The smallest absolute Gasteiger partial charge is 0.0669 e. The molecule has 1 aliphatic carbocycles. The third-order valence-electron chi connectivity index (χ3n) is 4.96. The molecule has 0 amide bonds. The van der Waals surface area contributed by atoms with E-state index < -0.39 is 0 Å². The molecule has 1 fully saturated rings. The van der Waals surface area contributed by atoms with Gasteiger partial charge in [0.1, 0.15) is 0 Å². The first kappa shape index (κ1) is 16.5. The SMILES string of the molecule is CCc1nn(C)c(CC)c1CN[C@H]1CCCCC[C@@H]1CO. The molecule has 1 aliphatic rings. The monoisotopic (exact) mass is 293 g/mol. The van der Waals surface area contributed by atoms with Crippen LogP contribution in [0.15, 0.2) is 0 Å². The predicted octanol–water partition coefficient (Wildman–Crippen LogP) is 2.58. The summed E-state index contributed by atoms with van der Waals surface area (Å²) < 4.78 is 2.03. The van der Waals surface area contributed by atoms with E-state index in [0.717, 1.165) is 25.8 Å². The summed E-state index contributed by atoms with van der Waals surface area (Å²) in [5, 5.41) is 18.0. The molecular weight excluding hydrogens is 262 g/mol. The lowest BCUT2D eigenvalue weighted by Gasteiger charge is -2.25. The van der Waals surface area contributed by atoms with Crippen LogP contribution in [0.5, 0.6) is 0 Å². The topological polar surface area (TPSA) is 50.1 Å². The quantitative estimate of drug-likeness (QED) is 0.793. The predicted molar refractivity (Wildman–Crippen MR) is 86.3 cm³/mol. The standard InChI is InChI=1S/C17H31N3O/c1-4-15-14(17(5-2)20(3)19-15)11-18-16-10-8-6-7-9-13(16)12-21/h13,16,18,21H,4-12H2,1-3H3/t13-,16+/m1/s1. The van der Waals surface area contributed by atoms with Gasteiger partial charge in [-0.3, -0.25) is 4.68 Å². The van der Waals surface area contributed by atoms with Gasteiger partial charge in [0.05, 0.1) is 5.69 Å². The molecule has 1 heterocycles. The van der Waals surface area contributed by atoms with E-state index in [0.29, 0.717) is 18.6 Å². The Labute approximate surface area is 128 Å². The number of aliphatic hydroxyl groups is 1. The van der Waals surface area contributed by atoms with Crippen molar-refractivity contribution in [2.24, 2.45) is 13.0 Å². The van der Waals surface area contributed by atoms with Crippen LogP contribution in [-0.4, -0.2) is 27.5 Å². The Kier molecular flexibility index (Phi) is 6.24. The second-order valence-electron chi connectivity index (χ2n) is 6.27. The van der Waals surface area contributed by atoms with Gasteiger partial charge in [-0.15, -0.1) is 0 Å². The van der Waals surface area contributed by atoms with Crippen LogP contribution in [0.3, 0.4) is 0 Å². The maximum absolute atomic E-state index is 9.63. The summed E-state index contributed by atoms with van der Waals surface area (Å²) in [6, 6.07) is 0.451. The average molecular weight is 293 g/mol. The zero-order valence-corrected chi connectivity index (χ0v) is 13.9. The minimum Gasteiger partial charge on any atom is -0.396 e. The molecule has 0 saturated heterocycles. The van der Waals surface area contributed by atoms with E-state index in [1.807, 2.05) is 11.7 Å². The highest BCUT2D eigenvalue weighted by Crippen LogP contribution is 2.24. The molecule has 21 heavy (non-hydrogen) atoms. The molecule has 0 spiro atoms. The highest BCUT2D eigenvalue weighted by Gasteiger charge is 2.23. The fraction of sp³-hybridized carbons (Fsp3) is 0.824. The molecule has 4 heteroatoms. The third-order valence-corrected chi connectivity index (χ3v) is 4.96. The first-order chi connectivity index (χ1) is 10.2. The Hall–Kier alpha value is -0.870. The molecule has 1 aromatic rings. The molecule has 0 bridgehead atoms. The summed E-state index contributed by atoms with van der Waals surface area (Å²) in [4.78, 5) is 0. The minimum absolute atomic E-state index is 0.311. The van der Waals surface area contributed by atoms with Gasteiger partial charge in [0.2, 0.25) is 0 Å². The van der Waals surface area contributed by atoms with Crippen molar-refractivity contribution in [2.45, 2.75) is 71.4 Å². The van der Waals surface area contributed by atoms with Gasteiger partial charge in [0.15, 0.2) is 0 Å². The zero-order chi connectivity index (χ0) is 15.2. The first-order valence-electron chi connectivity index (χ1n) is 8.59. The first-order valence-corrected chi connectivity index (χ1v) is 8.59. The number of aryl methyl sites for hydroxylation is 2. The highest BCUT2D eigenvalue weighted by atomic mass is 16.3. The molecule has 0 unspecified atom stereocenters. The zero-order valence-electron chi connectivity index (χ0n) is 13.9. The van der Waals surface area contributed by atoms with E-state index in [1.54, 1.807) is 0 Å². The van der Waals surface area contributed by atoms with Gasteiger partial charge in [-0.1, -0.05) is 33.1 Å². The van der Waals surface area contributed by atoms with Gasteiger partial charge in [-0.05, 0) is 31.6 Å². The molecule has 4 nitrogen and oxygen atoms in total. The lowest BCUT2D eigenvalue weighted by Crippen LogP contribution is -2.37. The van der Waals surface area contributed by atoms with Crippen molar-refractivity contribution in [3.05, 3.63) is 17.0 Å². The molecule has 120 valence electrons. The van der Waals surface area contributed by atoms with Crippen LogP contribution in [0.25, 0.3) is 0 Å². The molecule has 0 aliphatic heterocycles. The number of aromatic nitrogens is 2. The normalized spacial score (nSPS) is 23.2. The second-order valence-corrected chi connectivity index (χ2v) is 6.27. The van der Waals surface area contributed by atoms with E-state index in [9.17, 15) is 5.11 Å². The van der Waals surface area contributed by atoms with Crippen LogP contribution >= 0.6 is 0 Å². The summed E-state index contributed by atoms with van der Waals surface area (Å²) in [5.41, 5.74) is 3.94. The van der Waals surface area contributed by atoms with E-state index in [2.05, 4.69) is 24.3 Å². The van der Waals surface area contributed by atoms with Crippen molar-refractivity contribution in [1.29, 1.82) is 0 Å². The summed E-state index contributed by atoms with van der Waals surface area (Å²) in [7, 11) is 2.05. The number of aliphatic hydroxyl groups excluding tert-OH is 1. The minimum atomic E-state index is 0.311. The van der Waals surface area contributed by atoms with Gasteiger partial charge in [-0.25, -0.2) is 0 Å². The molecule has 2 N–H and O–H groups in total.